The number of hydrogen-bond donors (Lipinski definition) is 3. The van der Waals surface area contributed by atoms with E-state index in [2.05, 4.69) is 76.3 Å². The van der Waals surface area contributed by atoms with Gasteiger partial charge in [-0.25, -0.2) is 14.8 Å². The molecule has 3 aromatic rings. The Morgan fingerprint density at radius 2 is 1.81 bits per heavy atom. The lowest BCUT2D eigenvalue weighted by Crippen LogP contribution is -2.36. The molecule has 0 radical (unpaired) electrons. The third-order valence-corrected chi connectivity index (χ3v) is 7.46. The van der Waals surface area contributed by atoms with Crippen molar-refractivity contribution in [1.82, 2.24) is 20.2 Å². The summed E-state index contributed by atoms with van der Waals surface area (Å²) in [5.74, 6) is 0.918. The van der Waals surface area contributed by atoms with Gasteiger partial charge in [-0.05, 0) is 81.6 Å². The molecule has 1 unspecified atom stereocenters. The van der Waals surface area contributed by atoms with Gasteiger partial charge in [0.25, 0.3) is 0 Å². The van der Waals surface area contributed by atoms with Crippen LogP contribution < -0.4 is 16.0 Å². The molecule has 1 aromatic heterocycles. The van der Waals surface area contributed by atoms with Crippen molar-refractivity contribution in [3.05, 3.63) is 71.4 Å². The van der Waals surface area contributed by atoms with Gasteiger partial charge in [-0.3, -0.25) is 0 Å². The van der Waals surface area contributed by atoms with Crippen molar-refractivity contribution in [2.24, 2.45) is 0 Å². The highest BCUT2D eigenvalue weighted by Gasteiger charge is 2.27. The van der Waals surface area contributed by atoms with Crippen LogP contribution in [0.5, 0.6) is 0 Å². The van der Waals surface area contributed by atoms with Gasteiger partial charge in [-0.15, -0.1) is 0 Å². The van der Waals surface area contributed by atoms with Gasteiger partial charge < -0.3 is 20.9 Å². The van der Waals surface area contributed by atoms with E-state index in [1.54, 1.807) is 0 Å². The highest BCUT2D eigenvalue weighted by atomic mass is 16.2. The summed E-state index contributed by atoms with van der Waals surface area (Å²) in [6.07, 6.45) is 9.62. The molecular formula is C30H38N6O. The lowest BCUT2D eigenvalue weighted by Gasteiger charge is -2.27. The number of hydrogen-bond acceptors (Lipinski definition) is 5. The summed E-state index contributed by atoms with van der Waals surface area (Å²) in [5.41, 5.74) is 6.69. The van der Waals surface area contributed by atoms with Crippen molar-refractivity contribution < 1.29 is 4.79 Å². The largest absolute Gasteiger partial charge is 0.354 e. The maximum atomic E-state index is 12.4. The van der Waals surface area contributed by atoms with Crippen LogP contribution in [0.15, 0.2) is 54.7 Å². The Bertz CT molecular complexity index is 1200. The van der Waals surface area contributed by atoms with Crippen LogP contribution in [0, 0.1) is 0 Å². The molecule has 2 amide bonds. The quantitative estimate of drug-likeness (QED) is 0.332. The Morgan fingerprint density at radius 3 is 2.59 bits per heavy atom. The lowest BCUT2D eigenvalue weighted by atomic mass is 9.78. The normalized spacial score (nSPS) is 16.8. The summed E-state index contributed by atoms with van der Waals surface area (Å²) in [6, 6.07) is 17.0. The van der Waals surface area contributed by atoms with Crippen LogP contribution in [0.1, 0.15) is 61.1 Å². The van der Waals surface area contributed by atoms with Crippen LogP contribution >= 0.6 is 0 Å². The third kappa shape index (κ3) is 6.28. The highest BCUT2D eigenvalue weighted by molar-refractivity contribution is 5.89. The Morgan fingerprint density at radius 1 is 1.03 bits per heavy atom. The second-order valence-corrected chi connectivity index (χ2v) is 10.6. The predicted molar refractivity (Wildman–Crippen MR) is 150 cm³/mol. The molecular weight excluding hydrogens is 460 g/mol. The average molecular weight is 499 g/mol. The van der Waals surface area contributed by atoms with Crippen LogP contribution in [0.4, 0.5) is 16.4 Å². The van der Waals surface area contributed by atoms with Gasteiger partial charge in [0.1, 0.15) is 0 Å². The molecule has 194 valence electrons. The molecule has 1 saturated carbocycles. The molecule has 1 fully saturated rings. The van der Waals surface area contributed by atoms with Crippen LogP contribution in [0.2, 0.25) is 0 Å². The molecule has 3 N–H and O–H groups in total. The number of anilines is 2. The smallest absolute Gasteiger partial charge is 0.319 e. The molecule has 2 aliphatic carbocycles. The SMILES string of the molecule is CN(C)CCCCNc1ncc2c(n1)-c1ccccc1C(c1ccc(NC(=O)NC3CCCC3)cc1)C2. The molecule has 2 aliphatic rings. The molecule has 0 aliphatic heterocycles. The zero-order valence-corrected chi connectivity index (χ0v) is 22.0. The van der Waals surface area contributed by atoms with Gasteiger partial charge in [0.15, 0.2) is 0 Å². The number of carbonyl (C=O) groups is 1. The number of unbranched alkanes of at least 4 members (excludes halogenated alkanes) is 1. The fourth-order valence-corrected chi connectivity index (χ4v) is 5.49. The van der Waals surface area contributed by atoms with E-state index in [0.29, 0.717) is 12.0 Å². The standard InChI is InChI=1S/C30H38N6O/c1-36(2)18-8-7-17-31-29-32-20-22-19-27(25-11-5-6-12-26(25)28(22)35-29)21-13-15-24(16-14-21)34-30(37)33-23-9-3-4-10-23/h5-6,11-16,20,23,27H,3-4,7-10,17-19H2,1-2H3,(H,31,32,35)(H2,33,34,37). The number of aromatic nitrogens is 2. The number of amides is 2. The van der Waals surface area contributed by atoms with E-state index in [9.17, 15) is 4.79 Å². The van der Waals surface area contributed by atoms with E-state index in [1.165, 1.54) is 35.1 Å². The van der Waals surface area contributed by atoms with E-state index in [4.69, 9.17) is 4.98 Å². The summed E-state index contributed by atoms with van der Waals surface area (Å²) < 4.78 is 0. The van der Waals surface area contributed by atoms with Gasteiger partial charge in [0, 0.05) is 36.0 Å². The van der Waals surface area contributed by atoms with Gasteiger partial charge in [-0.2, -0.15) is 0 Å². The van der Waals surface area contributed by atoms with E-state index in [1.807, 2.05) is 18.3 Å². The maximum Gasteiger partial charge on any atom is 0.319 e. The van der Waals surface area contributed by atoms with Crippen molar-refractivity contribution in [3.8, 4) is 11.3 Å². The Labute approximate surface area is 220 Å². The highest BCUT2D eigenvalue weighted by Crippen LogP contribution is 2.42. The van der Waals surface area contributed by atoms with Gasteiger partial charge in [-0.1, -0.05) is 49.2 Å². The van der Waals surface area contributed by atoms with E-state index >= 15 is 0 Å². The molecule has 5 rings (SSSR count). The molecule has 0 saturated heterocycles. The minimum atomic E-state index is -0.115. The zero-order chi connectivity index (χ0) is 25.6. The van der Waals surface area contributed by atoms with Crippen molar-refractivity contribution in [3.63, 3.8) is 0 Å². The number of nitrogens with one attached hydrogen (secondary N) is 3. The molecule has 1 atom stereocenters. The second kappa shape index (κ2) is 11.7. The second-order valence-electron chi connectivity index (χ2n) is 10.6. The number of benzene rings is 2. The van der Waals surface area contributed by atoms with Crippen molar-refractivity contribution in [1.29, 1.82) is 0 Å². The minimum Gasteiger partial charge on any atom is -0.354 e. The molecule has 37 heavy (non-hydrogen) atoms. The minimum absolute atomic E-state index is 0.115. The van der Waals surface area contributed by atoms with Crippen LogP contribution in [0.3, 0.4) is 0 Å². The van der Waals surface area contributed by atoms with E-state index in [-0.39, 0.29) is 11.9 Å². The Balaban J connectivity index is 1.27. The van der Waals surface area contributed by atoms with Crippen LogP contribution in [0.25, 0.3) is 11.3 Å². The average Bonchev–Trinajstić information content (AvgIpc) is 3.41. The molecule has 2 aromatic carbocycles. The number of urea groups is 1. The number of nitrogens with zero attached hydrogens (tertiary/aromatic N) is 3. The van der Waals surface area contributed by atoms with Gasteiger partial charge in [0.05, 0.1) is 5.69 Å². The fourth-order valence-electron chi connectivity index (χ4n) is 5.49. The summed E-state index contributed by atoms with van der Waals surface area (Å²) in [6.45, 7) is 1.96. The van der Waals surface area contributed by atoms with Crippen molar-refractivity contribution >= 4 is 17.7 Å². The maximum absolute atomic E-state index is 12.4. The number of carbonyl (C=O) groups excluding carboxylic acids is 1. The third-order valence-electron chi connectivity index (χ3n) is 7.46. The summed E-state index contributed by atoms with van der Waals surface area (Å²) in [5, 5.41) is 9.48. The Kier molecular flexibility index (Phi) is 7.99. The number of rotatable bonds is 9. The van der Waals surface area contributed by atoms with Crippen LogP contribution in [-0.2, 0) is 6.42 Å². The summed E-state index contributed by atoms with van der Waals surface area (Å²) >= 11 is 0. The summed E-state index contributed by atoms with van der Waals surface area (Å²) in [4.78, 5) is 24.1. The molecule has 0 spiro atoms. The number of fused-ring (bicyclic) bond motifs is 3. The topological polar surface area (TPSA) is 82.2 Å². The van der Waals surface area contributed by atoms with Crippen LogP contribution in [-0.4, -0.2) is 54.1 Å². The molecule has 7 nitrogen and oxygen atoms in total. The first-order valence-corrected chi connectivity index (χ1v) is 13.6. The first kappa shape index (κ1) is 25.2. The molecule has 1 heterocycles. The van der Waals surface area contributed by atoms with E-state index < -0.39 is 0 Å². The molecule has 7 heteroatoms. The fraction of sp³-hybridized carbons (Fsp3) is 0.433. The first-order chi connectivity index (χ1) is 18.1. The van der Waals surface area contributed by atoms with Gasteiger partial charge >= 0.3 is 6.03 Å². The summed E-state index contributed by atoms with van der Waals surface area (Å²) in [7, 11) is 4.21. The molecule has 0 bridgehead atoms. The van der Waals surface area contributed by atoms with E-state index in [0.717, 1.165) is 56.6 Å². The van der Waals surface area contributed by atoms with Crippen molar-refractivity contribution in [2.45, 2.75) is 56.9 Å². The predicted octanol–water partition coefficient (Wildman–Crippen LogP) is 5.65. The lowest BCUT2D eigenvalue weighted by molar-refractivity contribution is 0.248. The van der Waals surface area contributed by atoms with Gasteiger partial charge in [0.2, 0.25) is 5.95 Å². The first-order valence-electron chi connectivity index (χ1n) is 13.6. The van der Waals surface area contributed by atoms with Crippen molar-refractivity contribution in [2.75, 3.05) is 37.8 Å². The Hall–Kier alpha value is -3.45. The monoisotopic (exact) mass is 498 g/mol. The zero-order valence-electron chi connectivity index (χ0n) is 22.0.